The molecule has 0 amide bonds. The average molecular weight is 160 g/mol. The molecule has 1 rings (SSSR count). The average Bonchev–Trinajstić information content (AvgIpc) is 2.31. The standard InChI is InChI=1S/C7H12O2S/c1-10-5-9-7-3-2-6(8)4-7/h2-3,6-8H,4-5H2,1H3/t6-,7+/m0/s1. The van der Waals surface area contributed by atoms with E-state index in [1.54, 1.807) is 17.8 Å². The monoisotopic (exact) mass is 160 g/mol. The van der Waals surface area contributed by atoms with Gasteiger partial charge in [0.2, 0.25) is 0 Å². The SMILES string of the molecule is CSCO[C@@H]1C=C[C@H](O)C1. The van der Waals surface area contributed by atoms with Crippen LogP contribution in [0.5, 0.6) is 0 Å². The smallest absolute Gasteiger partial charge is 0.0926 e. The maximum atomic E-state index is 9.03. The molecule has 1 aliphatic rings. The Labute approximate surface area is 65.3 Å². The van der Waals surface area contributed by atoms with E-state index in [0.717, 1.165) is 6.42 Å². The van der Waals surface area contributed by atoms with Crippen molar-refractivity contribution in [2.45, 2.75) is 18.6 Å². The molecule has 0 spiro atoms. The number of aliphatic hydroxyl groups excluding tert-OH is 1. The molecule has 1 N–H and O–H groups in total. The highest BCUT2D eigenvalue weighted by molar-refractivity contribution is 7.98. The summed E-state index contributed by atoms with van der Waals surface area (Å²) in [4.78, 5) is 0. The Kier molecular flexibility index (Phi) is 3.25. The molecule has 0 fully saturated rings. The van der Waals surface area contributed by atoms with Crippen LogP contribution in [0.1, 0.15) is 6.42 Å². The second kappa shape index (κ2) is 4.01. The van der Waals surface area contributed by atoms with Gasteiger partial charge in [0, 0.05) is 6.42 Å². The van der Waals surface area contributed by atoms with Crippen LogP contribution in [0.15, 0.2) is 12.2 Å². The van der Waals surface area contributed by atoms with Gasteiger partial charge in [-0.2, -0.15) is 0 Å². The van der Waals surface area contributed by atoms with Gasteiger partial charge >= 0.3 is 0 Å². The van der Waals surface area contributed by atoms with E-state index < -0.39 is 0 Å². The summed E-state index contributed by atoms with van der Waals surface area (Å²) in [6.07, 6.45) is 6.27. The fourth-order valence-corrected chi connectivity index (χ4v) is 1.24. The summed E-state index contributed by atoms with van der Waals surface area (Å²) in [5, 5.41) is 9.03. The quantitative estimate of drug-likeness (QED) is 0.493. The Morgan fingerprint density at radius 1 is 1.70 bits per heavy atom. The molecule has 10 heavy (non-hydrogen) atoms. The Bertz CT molecular complexity index is 125. The Morgan fingerprint density at radius 2 is 2.50 bits per heavy atom. The third-order valence-electron chi connectivity index (χ3n) is 1.42. The molecule has 2 nitrogen and oxygen atoms in total. The molecule has 0 heterocycles. The molecule has 0 unspecified atom stereocenters. The van der Waals surface area contributed by atoms with Gasteiger partial charge in [-0.3, -0.25) is 0 Å². The molecule has 0 aromatic carbocycles. The van der Waals surface area contributed by atoms with Crippen LogP contribution in [0.3, 0.4) is 0 Å². The van der Waals surface area contributed by atoms with Crippen molar-refractivity contribution in [3.05, 3.63) is 12.2 Å². The first-order valence-electron chi connectivity index (χ1n) is 3.30. The number of thioether (sulfide) groups is 1. The van der Waals surface area contributed by atoms with Crippen molar-refractivity contribution in [1.29, 1.82) is 0 Å². The largest absolute Gasteiger partial charge is 0.389 e. The summed E-state index contributed by atoms with van der Waals surface area (Å²) < 4.78 is 5.34. The first-order valence-corrected chi connectivity index (χ1v) is 4.69. The summed E-state index contributed by atoms with van der Waals surface area (Å²) >= 11 is 1.65. The topological polar surface area (TPSA) is 29.5 Å². The molecular weight excluding hydrogens is 148 g/mol. The van der Waals surface area contributed by atoms with E-state index in [4.69, 9.17) is 9.84 Å². The van der Waals surface area contributed by atoms with Gasteiger partial charge in [0.1, 0.15) is 0 Å². The van der Waals surface area contributed by atoms with Crippen molar-refractivity contribution in [2.75, 3.05) is 12.2 Å². The zero-order valence-electron chi connectivity index (χ0n) is 5.99. The Hall–Kier alpha value is 0.01000. The molecule has 0 aromatic rings. The van der Waals surface area contributed by atoms with Crippen molar-refractivity contribution in [1.82, 2.24) is 0 Å². The number of hydrogen-bond acceptors (Lipinski definition) is 3. The third-order valence-corrected chi connectivity index (χ3v) is 1.79. The Balaban J connectivity index is 2.14. The molecule has 1 aliphatic carbocycles. The van der Waals surface area contributed by atoms with Crippen LogP contribution >= 0.6 is 11.8 Å². The summed E-state index contributed by atoms with van der Waals surface area (Å²) in [5.74, 6) is 0.710. The first-order chi connectivity index (χ1) is 4.83. The number of ether oxygens (including phenoxy) is 1. The van der Waals surface area contributed by atoms with Gasteiger partial charge in [0.15, 0.2) is 0 Å². The van der Waals surface area contributed by atoms with Gasteiger partial charge in [0.25, 0.3) is 0 Å². The number of hydrogen-bond donors (Lipinski definition) is 1. The molecule has 0 bridgehead atoms. The van der Waals surface area contributed by atoms with Gasteiger partial charge < -0.3 is 9.84 Å². The van der Waals surface area contributed by atoms with Crippen LogP contribution in [0.25, 0.3) is 0 Å². The fourth-order valence-electron chi connectivity index (χ4n) is 0.926. The van der Waals surface area contributed by atoms with Gasteiger partial charge in [0.05, 0.1) is 18.1 Å². The lowest BCUT2D eigenvalue weighted by Crippen LogP contribution is -2.10. The molecule has 0 aromatic heterocycles. The molecule has 0 aliphatic heterocycles. The lowest BCUT2D eigenvalue weighted by Gasteiger charge is -2.08. The molecule has 0 radical (unpaired) electrons. The summed E-state index contributed by atoms with van der Waals surface area (Å²) in [7, 11) is 0. The second-order valence-corrected chi connectivity index (χ2v) is 3.11. The molecule has 0 saturated heterocycles. The minimum Gasteiger partial charge on any atom is -0.389 e. The van der Waals surface area contributed by atoms with Crippen LogP contribution in [0.4, 0.5) is 0 Å². The normalized spacial score (nSPS) is 31.4. The summed E-state index contributed by atoms with van der Waals surface area (Å²) in [6.45, 7) is 0. The second-order valence-electron chi connectivity index (χ2n) is 2.30. The molecular formula is C7H12O2S. The minimum absolute atomic E-state index is 0.141. The lowest BCUT2D eigenvalue weighted by atomic mass is 10.3. The number of rotatable bonds is 3. The van der Waals surface area contributed by atoms with E-state index in [-0.39, 0.29) is 12.2 Å². The third kappa shape index (κ3) is 2.33. The zero-order valence-corrected chi connectivity index (χ0v) is 6.80. The lowest BCUT2D eigenvalue weighted by molar-refractivity contribution is 0.0959. The molecule has 58 valence electrons. The first kappa shape index (κ1) is 8.11. The highest BCUT2D eigenvalue weighted by Gasteiger charge is 2.15. The minimum atomic E-state index is -0.285. The predicted octanol–water partition coefficient (Wildman–Crippen LogP) is 1.01. The van der Waals surface area contributed by atoms with E-state index in [1.165, 1.54) is 0 Å². The highest BCUT2D eigenvalue weighted by Crippen LogP contribution is 2.14. The predicted molar refractivity (Wildman–Crippen MR) is 43.0 cm³/mol. The molecule has 0 saturated carbocycles. The van der Waals surface area contributed by atoms with Crippen molar-refractivity contribution < 1.29 is 9.84 Å². The van der Waals surface area contributed by atoms with E-state index in [1.807, 2.05) is 12.3 Å². The van der Waals surface area contributed by atoms with E-state index in [2.05, 4.69) is 0 Å². The van der Waals surface area contributed by atoms with Crippen LogP contribution in [-0.4, -0.2) is 29.5 Å². The van der Waals surface area contributed by atoms with Crippen LogP contribution < -0.4 is 0 Å². The van der Waals surface area contributed by atoms with Crippen molar-refractivity contribution >= 4 is 11.8 Å². The molecule has 2 atom stereocenters. The zero-order chi connectivity index (χ0) is 7.40. The van der Waals surface area contributed by atoms with E-state index in [0.29, 0.717) is 5.94 Å². The van der Waals surface area contributed by atoms with Gasteiger partial charge in [-0.25, -0.2) is 0 Å². The highest BCUT2D eigenvalue weighted by atomic mass is 32.2. The number of aliphatic hydroxyl groups is 1. The van der Waals surface area contributed by atoms with E-state index in [9.17, 15) is 0 Å². The van der Waals surface area contributed by atoms with Crippen molar-refractivity contribution in [3.63, 3.8) is 0 Å². The van der Waals surface area contributed by atoms with Crippen LogP contribution in [0, 0.1) is 0 Å². The van der Waals surface area contributed by atoms with E-state index >= 15 is 0 Å². The maximum absolute atomic E-state index is 9.03. The summed E-state index contributed by atoms with van der Waals surface area (Å²) in [5.41, 5.74) is 0. The van der Waals surface area contributed by atoms with Gasteiger partial charge in [-0.1, -0.05) is 12.2 Å². The van der Waals surface area contributed by atoms with Gasteiger partial charge in [-0.05, 0) is 6.26 Å². The van der Waals surface area contributed by atoms with Gasteiger partial charge in [-0.15, -0.1) is 11.8 Å². The summed E-state index contributed by atoms with van der Waals surface area (Å²) in [6, 6.07) is 0. The fraction of sp³-hybridized carbons (Fsp3) is 0.714. The van der Waals surface area contributed by atoms with Crippen molar-refractivity contribution in [2.24, 2.45) is 0 Å². The van der Waals surface area contributed by atoms with Crippen molar-refractivity contribution in [3.8, 4) is 0 Å². The maximum Gasteiger partial charge on any atom is 0.0926 e. The van der Waals surface area contributed by atoms with Crippen LogP contribution in [0.2, 0.25) is 0 Å². The van der Waals surface area contributed by atoms with Crippen LogP contribution in [-0.2, 0) is 4.74 Å². The Morgan fingerprint density at radius 3 is 3.00 bits per heavy atom. The molecule has 3 heteroatoms.